The highest BCUT2D eigenvalue weighted by Gasteiger charge is 2.36. The zero-order valence-corrected chi connectivity index (χ0v) is 11.9. The lowest BCUT2D eigenvalue weighted by Gasteiger charge is -2.40. The number of hydrogen-bond acceptors (Lipinski definition) is 3. The fourth-order valence-electron chi connectivity index (χ4n) is 2.98. The van der Waals surface area contributed by atoms with Crippen LogP contribution in [0.5, 0.6) is 0 Å². The molecule has 0 aliphatic heterocycles. The maximum Gasteiger partial charge on any atom is 0.333 e. The van der Waals surface area contributed by atoms with Gasteiger partial charge in [0, 0.05) is 12.0 Å². The van der Waals surface area contributed by atoms with Crippen molar-refractivity contribution in [3.63, 3.8) is 0 Å². The quantitative estimate of drug-likeness (QED) is 0.606. The largest absolute Gasteiger partial charge is 0.462 e. The van der Waals surface area contributed by atoms with E-state index in [2.05, 4.69) is 20.4 Å². The first kappa shape index (κ1) is 15.2. The van der Waals surface area contributed by atoms with E-state index in [9.17, 15) is 9.90 Å². The molecule has 104 valence electrons. The number of rotatable bonds is 5. The molecule has 0 aromatic rings. The third-order valence-corrected chi connectivity index (χ3v) is 3.86. The molecule has 3 unspecified atom stereocenters. The molecule has 1 aliphatic rings. The molecule has 0 spiro atoms. The van der Waals surface area contributed by atoms with E-state index in [1.807, 2.05) is 0 Å². The van der Waals surface area contributed by atoms with Gasteiger partial charge in [0.05, 0.1) is 12.2 Å². The number of carbonyl (C=O) groups is 1. The molecule has 0 saturated heterocycles. The summed E-state index contributed by atoms with van der Waals surface area (Å²) >= 11 is 0. The van der Waals surface area contributed by atoms with Crippen LogP contribution in [0.2, 0.25) is 0 Å². The molecule has 3 nitrogen and oxygen atoms in total. The van der Waals surface area contributed by atoms with Gasteiger partial charge in [-0.25, -0.2) is 4.79 Å². The molecule has 0 heterocycles. The van der Waals surface area contributed by atoms with Crippen LogP contribution in [-0.4, -0.2) is 23.3 Å². The van der Waals surface area contributed by atoms with Crippen molar-refractivity contribution >= 4 is 5.97 Å². The molecule has 3 heteroatoms. The average molecular weight is 254 g/mol. The number of ether oxygens (including phenoxy) is 1. The Balaban J connectivity index is 2.43. The SMILES string of the molecule is C=C(C)C(=O)OCCC1(O)CC(C)CC(CC)C1. The van der Waals surface area contributed by atoms with Crippen molar-refractivity contribution in [1.29, 1.82) is 0 Å². The second-order valence-corrected chi connectivity index (χ2v) is 5.91. The van der Waals surface area contributed by atoms with Gasteiger partial charge in [-0.15, -0.1) is 0 Å². The Morgan fingerprint density at radius 2 is 2.17 bits per heavy atom. The van der Waals surface area contributed by atoms with E-state index >= 15 is 0 Å². The third kappa shape index (κ3) is 4.45. The zero-order chi connectivity index (χ0) is 13.8. The van der Waals surface area contributed by atoms with Gasteiger partial charge in [-0.05, 0) is 38.0 Å². The number of aliphatic hydroxyl groups is 1. The third-order valence-electron chi connectivity index (χ3n) is 3.86. The van der Waals surface area contributed by atoms with Crippen molar-refractivity contribution < 1.29 is 14.6 Å². The van der Waals surface area contributed by atoms with Crippen LogP contribution in [-0.2, 0) is 9.53 Å². The molecule has 18 heavy (non-hydrogen) atoms. The summed E-state index contributed by atoms with van der Waals surface area (Å²) in [5.74, 6) is 0.774. The van der Waals surface area contributed by atoms with Crippen molar-refractivity contribution in [3.05, 3.63) is 12.2 Å². The van der Waals surface area contributed by atoms with Crippen LogP contribution in [0, 0.1) is 11.8 Å². The van der Waals surface area contributed by atoms with Gasteiger partial charge in [-0.3, -0.25) is 0 Å². The monoisotopic (exact) mass is 254 g/mol. The number of hydrogen-bond donors (Lipinski definition) is 1. The summed E-state index contributed by atoms with van der Waals surface area (Å²) in [4.78, 5) is 11.3. The summed E-state index contributed by atoms with van der Waals surface area (Å²) in [6, 6.07) is 0. The average Bonchev–Trinajstić information content (AvgIpc) is 2.27. The Labute approximate surface area is 110 Å². The molecule has 1 rings (SSSR count). The van der Waals surface area contributed by atoms with E-state index in [1.165, 1.54) is 6.42 Å². The maximum absolute atomic E-state index is 11.3. The summed E-state index contributed by atoms with van der Waals surface area (Å²) in [6.45, 7) is 9.81. The molecule has 1 aliphatic carbocycles. The van der Waals surface area contributed by atoms with Crippen LogP contribution in [0.3, 0.4) is 0 Å². The minimum Gasteiger partial charge on any atom is -0.462 e. The lowest BCUT2D eigenvalue weighted by Crippen LogP contribution is -2.39. The predicted molar refractivity (Wildman–Crippen MR) is 72.1 cm³/mol. The summed E-state index contributed by atoms with van der Waals surface area (Å²) in [5.41, 5.74) is -0.251. The first-order valence-electron chi connectivity index (χ1n) is 6.91. The highest BCUT2D eigenvalue weighted by molar-refractivity contribution is 5.86. The molecule has 1 saturated carbocycles. The highest BCUT2D eigenvalue weighted by Crippen LogP contribution is 2.39. The van der Waals surface area contributed by atoms with Gasteiger partial charge >= 0.3 is 5.97 Å². The van der Waals surface area contributed by atoms with Gasteiger partial charge in [0.25, 0.3) is 0 Å². The van der Waals surface area contributed by atoms with Crippen LogP contribution in [0.1, 0.15) is 52.9 Å². The summed E-state index contributed by atoms with van der Waals surface area (Å²) in [7, 11) is 0. The Bertz CT molecular complexity index is 311. The first-order valence-corrected chi connectivity index (χ1v) is 6.91. The minimum atomic E-state index is -0.659. The summed E-state index contributed by atoms with van der Waals surface area (Å²) in [6.07, 6.45) is 4.49. The van der Waals surface area contributed by atoms with Crippen molar-refractivity contribution in [2.45, 2.75) is 58.5 Å². The second-order valence-electron chi connectivity index (χ2n) is 5.91. The van der Waals surface area contributed by atoms with Crippen LogP contribution >= 0.6 is 0 Å². The van der Waals surface area contributed by atoms with Gasteiger partial charge in [0.15, 0.2) is 0 Å². The molecular formula is C15H26O3. The lowest BCUT2D eigenvalue weighted by atomic mass is 9.71. The topological polar surface area (TPSA) is 46.5 Å². The van der Waals surface area contributed by atoms with E-state index in [0.29, 0.717) is 23.8 Å². The maximum atomic E-state index is 11.3. The Hall–Kier alpha value is -0.830. The van der Waals surface area contributed by atoms with E-state index in [4.69, 9.17) is 4.74 Å². The fourth-order valence-corrected chi connectivity index (χ4v) is 2.98. The number of esters is 1. The van der Waals surface area contributed by atoms with Gasteiger partial charge in [-0.1, -0.05) is 26.8 Å². The van der Waals surface area contributed by atoms with Gasteiger partial charge in [-0.2, -0.15) is 0 Å². The van der Waals surface area contributed by atoms with Crippen molar-refractivity contribution in [1.82, 2.24) is 0 Å². The first-order chi connectivity index (χ1) is 8.36. The van der Waals surface area contributed by atoms with Gasteiger partial charge < -0.3 is 9.84 Å². The van der Waals surface area contributed by atoms with E-state index in [1.54, 1.807) is 6.92 Å². The van der Waals surface area contributed by atoms with E-state index < -0.39 is 5.60 Å². The fraction of sp³-hybridized carbons (Fsp3) is 0.800. The molecule has 0 aromatic heterocycles. The summed E-state index contributed by atoms with van der Waals surface area (Å²) < 4.78 is 5.08. The predicted octanol–water partition coefficient (Wildman–Crippen LogP) is 3.07. The van der Waals surface area contributed by atoms with Crippen LogP contribution in [0.25, 0.3) is 0 Å². The smallest absolute Gasteiger partial charge is 0.333 e. The summed E-state index contributed by atoms with van der Waals surface area (Å²) in [5, 5.41) is 10.6. The molecule has 0 amide bonds. The molecule has 0 radical (unpaired) electrons. The standard InChI is InChI=1S/C15H26O3/c1-5-13-8-12(4)9-15(17,10-13)6-7-18-14(16)11(2)3/h12-13,17H,2,5-10H2,1,3-4H3. The van der Waals surface area contributed by atoms with Crippen LogP contribution in [0.15, 0.2) is 12.2 Å². The second kappa shape index (κ2) is 6.37. The molecular weight excluding hydrogens is 228 g/mol. The molecule has 1 fully saturated rings. The van der Waals surface area contributed by atoms with Crippen molar-refractivity contribution in [2.75, 3.05) is 6.61 Å². The van der Waals surface area contributed by atoms with Crippen LogP contribution in [0.4, 0.5) is 0 Å². The van der Waals surface area contributed by atoms with E-state index in [0.717, 1.165) is 19.3 Å². The lowest BCUT2D eigenvalue weighted by molar-refractivity contribution is -0.141. The minimum absolute atomic E-state index is 0.283. The van der Waals surface area contributed by atoms with E-state index in [-0.39, 0.29) is 12.6 Å². The Morgan fingerprint density at radius 3 is 2.72 bits per heavy atom. The highest BCUT2D eigenvalue weighted by atomic mass is 16.5. The Kier molecular flexibility index (Phi) is 5.39. The number of carbonyl (C=O) groups excluding carboxylic acids is 1. The van der Waals surface area contributed by atoms with Crippen molar-refractivity contribution in [2.24, 2.45) is 11.8 Å². The molecule has 0 aromatic carbocycles. The molecule has 1 N–H and O–H groups in total. The van der Waals surface area contributed by atoms with Crippen LogP contribution < -0.4 is 0 Å². The zero-order valence-electron chi connectivity index (χ0n) is 11.9. The normalized spacial score (nSPS) is 32.0. The van der Waals surface area contributed by atoms with Gasteiger partial charge in [0.1, 0.15) is 0 Å². The van der Waals surface area contributed by atoms with Crippen molar-refractivity contribution in [3.8, 4) is 0 Å². The Morgan fingerprint density at radius 1 is 1.50 bits per heavy atom. The molecule has 3 atom stereocenters. The van der Waals surface area contributed by atoms with Gasteiger partial charge in [0.2, 0.25) is 0 Å². The molecule has 0 bridgehead atoms.